The molecule has 0 unspecified atom stereocenters. The normalized spacial score (nSPS) is 14.9. The first kappa shape index (κ1) is 9.71. The zero-order valence-electron chi connectivity index (χ0n) is 8.73. The molecule has 1 aromatic heterocycles. The Morgan fingerprint density at radius 1 is 1.47 bits per heavy atom. The number of allylic oxidation sites excluding steroid dienone is 6. The fraction of sp³-hybridized carbons (Fsp3) is 0.154. The van der Waals surface area contributed by atoms with Gasteiger partial charge in [-0.3, -0.25) is 0 Å². The van der Waals surface area contributed by atoms with Crippen molar-refractivity contribution < 1.29 is 4.42 Å². The maximum atomic E-state index is 5.56. The van der Waals surface area contributed by atoms with Gasteiger partial charge in [0.2, 0.25) is 5.89 Å². The minimum atomic E-state index is 0.658. The smallest absolute Gasteiger partial charge is 0.226 e. The molecule has 0 aromatic carbocycles. The molecule has 2 heteroatoms. The van der Waals surface area contributed by atoms with E-state index in [1.54, 1.807) is 6.08 Å². The largest absolute Gasteiger partial charge is 0.441 e. The maximum Gasteiger partial charge on any atom is 0.226 e. The van der Waals surface area contributed by atoms with Gasteiger partial charge >= 0.3 is 0 Å². The molecule has 0 saturated heterocycles. The van der Waals surface area contributed by atoms with E-state index in [2.05, 4.69) is 23.7 Å². The quantitative estimate of drug-likeness (QED) is 0.728. The summed E-state index contributed by atoms with van der Waals surface area (Å²) >= 11 is 0. The Balaban J connectivity index is 2.40. The Hall–Kier alpha value is -1.83. The van der Waals surface area contributed by atoms with Gasteiger partial charge in [-0.2, -0.15) is 0 Å². The zero-order valence-corrected chi connectivity index (χ0v) is 8.73. The van der Waals surface area contributed by atoms with Crippen LogP contribution in [0.15, 0.2) is 41.4 Å². The van der Waals surface area contributed by atoms with Crippen LogP contribution in [0.3, 0.4) is 0 Å². The first-order chi connectivity index (χ1) is 7.31. The van der Waals surface area contributed by atoms with Gasteiger partial charge in [0.15, 0.2) is 0 Å². The first-order valence-corrected chi connectivity index (χ1v) is 4.95. The highest BCUT2D eigenvalue weighted by Gasteiger charge is 2.09. The van der Waals surface area contributed by atoms with Crippen molar-refractivity contribution in [2.24, 2.45) is 0 Å². The lowest BCUT2D eigenvalue weighted by molar-refractivity contribution is 0.513. The van der Waals surface area contributed by atoms with Crippen LogP contribution in [0.1, 0.15) is 23.8 Å². The fourth-order valence-electron chi connectivity index (χ4n) is 1.44. The third-order valence-electron chi connectivity index (χ3n) is 2.25. The molecule has 0 saturated carbocycles. The minimum absolute atomic E-state index is 0.658. The molecule has 0 aliphatic heterocycles. The number of hydrogen-bond acceptors (Lipinski definition) is 2. The molecule has 0 spiro atoms. The Labute approximate surface area is 89.3 Å². The fourth-order valence-corrected chi connectivity index (χ4v) is 1.44. The van der Waals surface area contributed by atoms with E-state index in [4.69, 9.17) is 4.42 Å². The second-order valence-electron chi connectivity index (χ2n) is 3.35. The van der Waals surface area contributed by atoms with E-state index < -0.39 is 0 Å². The van der Waals surface area contributed by atoms with Gasteiger partial charge in [-0.05, 0) is 25.5 Å². The summed E-state index contributed by atoms with van der Waals surface area (Å²) in [6.07, 6.45) is 12.9. The first-order valence-electron chi connectivity index (χ1n) is 4.95. The lowest BCUT2D eigenvalue weighted by Gasteiger charge is -1.92. The topological polar surface area (TPSA) is 26.0 Å². The highest BCUT2D eigenvalue weighted by atomic mass is 16.4. The molecule has 0 N–H and O–H groups in total. The summed E-state index contributed by atoms with van der Waals surface area (Å²) in [5, 5.41) is 0. The van der Waals surface area contributed by atoms with Gasteiger partial charge in [-0.1, -0.05) is 30.9 Å². The average molecular weight is 199 g/mol. The molecule has 1 aromatic rings. The molecule has 0 amide bonds. The summed E-state index contributed by atoms with van der Waals surface area (Å²) in [5.74, 6) is 1.47. The second kappa shape index (κ2) is 4.13. The summed E-state index contributed by atoms with van der Waals surface area (Å²) in [7, 11) is 0. The number of hydrogen-bond donors (Lipinski definition) is 0. The van der Waals surface area contributed by atoms with E-state index >= 15 is 0 Å². The van der Waals surface area contributed by atoms with Crippen LogP contribution in [-0.2, 0) is 0 Å². The molecule has 1 aliphatic rings. The van der Waals surface area contributed by atoms with Crippen molar-refractivity contribution >= 4 is 11.6 Å². The van der Waals surface area contributed by atoms with Crippen LogP contribution < -0.4 is 0 Å². The van der Waals surface area contributed by atoms with Gasteiger partial charge in [0.1, 0.15) is 11.5 Å². The molecule has 2 rings (SSSR count). The molecule has 0 radical (unpaired) electrons. The predicted molar refractivity (Wildman–Crippen MR) is 62.2 cm³/mol. The summed E-state index contributed by atoms with van der Waals surface area (Å²) in [5.41, 5.74) is 1.81. The monoisotopic (exact) mass is 199 g/mol. The van der Waals surface area contributed by atoms with Crippen molar-refractivity contribution in [1.29, 1.82) is 0 Å². The highest BCUT2D eigenvalue weighted by Crippen LogP contribution is 2.21. The standard InChI is InChI=1S/C13H13NO/c1-3-12-10(2)15-13(14-12)11-8-6-4-5-7-9-11/h3-4,6-9H,1,5H2,2H3. The van der Waals surface area contributed by atoms with Crippen molar-refractivity contribution in [3.63, 3.8) is 0 Å². The van der Waals surface area contributed by atoms with Gasteiger partial charge < -0.3 is 4.42 Å². The van der Waals surface area contributed by atoms with Crippen LogP contribution in [0.4, 0.5) is 0 Å². The third-order valence-corrected chi connectivity index (χ3v) is 2.25. The van der Waals surface area contributed by atoms with Gasteiger partial charge in [0.05, 0.1) is 0 Å². The molecular weight excluding hydrogens is 186 g/mol. The summed E-state index contributed by atoms with van der Waals surface area (Å²) < 4.78 is 5.56. The van der Waals surface area contributed by atoms with E-state index in [1.165, 1.54) is 0 Å². The van der Waals surface area contributed by atoms with Crippen molar-refractivity contribution in [3.05, 3.63) is 54.3 Å². The van der Waals surface area contributed by atoms with Gasteiger partial charge in [-0.15, -0.1) is 0 Å². The van der Waals surface area contributed by atoms with Crippen molar-refractivity contribution in [2.45, 2.75) is 13.3 Å². The van der Waals surface area contributed by atoms with E-state index in [9.17, 15) is 0 Å². The SMILES string of the molecule is C=Cc1nc(C2=CC=CCC=C2)oc1C. The van der Waals surface area contributed by atoms with E-state index in [-0.39, 0.29) is 0 Å². The Kier molecular flexibility index (Phi) is 2.68. The molecule has 0 atom stereocenters. The summed E-state index contributed by atoms with van der Waals surface area (Å²) in [6, 6.07) is 0. The van der Waals surface area contributed by atoms with Crippen LogP contribution in [0, 0.1) is 6.92 Å². The van der Waals surface area contributed by atoms with Gasteiger partial charge in [0.25, 0.3) is 0 Å². The lowest BCUT2D eigenvalue weighted by atomic mass is 10.2. The average Bonchev–Trinajstić information content (AvgIpc) is 2.48. The van der Waals surface area contributed by atoms with E-state index in [0.29, 0.717) is 5.89 Å². The van der Waals surface area contributed by atoms with Crippen LogP contribution in [0.5, 0.6) is 0 Å². The van der Waals surface area contributed by atoms with Crippen molar-refractivity contribution in [1.82, 2.24) is 4.98 Å². The Morgan fingerprint density at radius 2 is 2.33 bits per heavy atom. The number of rotatable bonds is 2. The van der Waals surface area contributed by atoms with Gasteiger partial charge in [-0.25, -0.2) is 4.98 Å². The number of nitrogens with zero attached hydrogens (tertiary/aromatic N) is 1. The third kappa shape index (κ3) is 1.99. The van der Waals surface area contributed by atoms with E-state index in [0.717, 1.165) is 23.4 Å². The molecule has 0 fully saturated rings. The number of aromatic nitrogens is 1. The summed E-state index contributed by atoms with van der Waals surface area (Å²) in [4.78, 5) is 4.36. The van der Waals surface area contributed by atoms with Crippen LogP contribution in [0.2, 0.25) is 0 Å². The van der Waals surface area contributed by atoms with Crippen LogP contribution in [-0.4, -0.2) is 4.98 Å². The Morgan fingerprint density at radius 3 is 3.07 bits per heavy atom. The van der Waals surface area contributed by atoms with Crippen LogP contribution in [0.25, 0.3) is 11.6 Å². The minimum Gasteiger partial charge on any atom is -0.441 e. The molecule has 1 aliphatic carbocycles. The molecule has 15 heavy (non-hydrogen) atoms. The van der Waals surface area contributed by atoms with Gasteiger partial charge in [0, 0.05) is 5.57 Å². The molecular formula is C13H13NO. The Bertz CT molecular complexity index is 461. The number of aryl methyl sites for hydroxylation is 1. The van der Waals surface area contributed by atoms with Crippen molar-refractivity contribution in [3.8, 4) is 0 Å². The zero-order chi connectivity index (χ0) is 10.7. The maximum absolute atomic E-state index is 5.56. The predicted octanol–water partition coefficient (Wildman–Crippen LogP) is 3.53. The second-order valence-corrected chi connectivity index (χ2v) is 3.35. The van der Waals surface area contributed by atoms with Crippen LogP contribution >= 0.6 is 0 Å². The molecule has 2 nitrogen and oxygen atoms in total. The molecule has 76 valence electrons. The molecule has 0 bridgehead atoms. The summed E-state index contributed by atoms with van der Waals surface area (Å²) in [6.45, 7) is 5.59. The number of oxazole rings is 1. The molecule has 1 heterocycles. The lowest BCUT2D eigenvalue weighted by Crippen LogP contribution is -1.80. The van der Waals surface area contributed by atoms with Crippen molar-refractivity contribution in [2.75, 3.05) is 0 Å². The highest BCUT2D eigenvalue weighted by molar-refractivity contribution is 5.71. The van der Waals surface area contributed by atoms with E-state index in [1.807, 2.05) is 25.2 Å².